The van der Waals surface area contributed by atoms with Crippen LogP contribution in [0.2, 0.25) is 0 Å². The number of nitrogens with zero attached hydrogens (tertiary/aromatic N) is 4. The van der Waals surface area contributed by atoms with Crippen LogP contribution in [-0.2, 0) is 5.54 Å². The van der Waals surface area contributed by atoms with Crippen LogP contribution in [0.3, 0.4) is 0 Å². The van der Waals surface area contributed by atoms with Gasteiger partial charge in [-0.3, -0.25) is 4.90 Å². The lowest BCUT2D eigenvalue weighted by Crippen LogP contribution is -2.55. The quantitative estimate of drug-likeness (QED) is 0.664. The minimum atomic E-state index is -0.518. The van der Waals surface area contributed by atoms with Crippen LogP contribution in [0.5, 0.6) is 0 Å². The Balaban J connectivity index is 1.60. The number of amides is 2. The van der Waals surface area contributed by atoms with Crippen molar-refractivity contribution in [2.75, 3.05) is 33.7 Å². The molecule has 0 unspecified atom stereocenters. The van der Waals surface area contributed by atoms with Gasteiger partial charge in [0.1, 0.15) is 0 Å². The van der Waals surface area contributed by atoms with Crippen molar-refractivity contribution in [1.82, 2.24) is 14.7 Å². The van der Waals surface area contributed by atoms with Gasteiger partial charge < -0.3 is 9.80 Å². The number of benzene rings is 1. The van der Waals surface area contributed by atoms with Crippen LogP contribution in [0.4, 0.5) is 4.79 Å². The topological polar surface area (TPSA) is 50.6 Å². The highest BCUT2D eigenvalue weighted by atomic mass is 16.2. The molecule has 0 bridgehead atoms. The van der Waals surface area contributed by atoms with E-state index < -0.39 is 5.41 Å². The van der Waals surface area contributed by atoms with Crippen molar-refractivity contribution in [2.24, 2.45) is 11.3 Å². The SMILES string of the molecule is Cc1cccc(C2(N(C)C)CCC3(CC2)CN(CC(C)(C)C#N)C(=O)N3CC2CC2)c1. The molecule has 5 heteroatoms. The number of hydrogen-bond acceptors (Lipinski definition) is 3. The van der Waals surface area contributed by atoms with Gasteiger partial charge in [0.05, 0.1) is 17.0 Å². The summed E-state index contributed by atoms with van der Waals surface area (Å²) in [7, 11) is 4.40. The van der Waals surface area contributed by atoms with Crippen LogP contribution in [-0.4, -0.2) is 60.0 Å². The Morgan fingerprint density at radius 3 is 2.42 bits per heavy atom. The van der Waals surface area contributed by atoms with Gasteiger partial charge in [-0.25, -0.2) is 4.79 Å². The lowest BCUT2D eigenvalue weighted by Gasteiger charge is -2.51. The standard InChI is InChI=1S/C26H38N4O/c1-20-7-6-8-22(15-20)26(28(4)5)13-11-25(12-14-26)19-29(18-24(2,3)17-27)23(31)30(25)16-21-9-10-21/h6-8,15,21H,9-14,16,18-19H2,1-5H3. The van der Waals surface area contributed by atoms with Crippen LogP contribution >= 0.6 is 0 Å². The van der Waals surface area contributed by atoms with Crippen LogP contribution in [0.1, 0.15) is 63.5 Å². The summed E-state index contributed by atoms with van der Waals surface area (Å²) in [6.45, 7) is 8.21. The minimum Gasteiger partial charge on any atom is -0.321 e. The van der Waals surface area contributed by atoms with E-state index >= 15 is 0 Å². The zero-order chi connectivity index (χ0) is 22.4. The van der Waals surface area contributed by atoms with Crippen molar-refractivity contribution < 1.29 is 4.79 Å². The third-order valence-electron chi connectivity index (χ3n) is 8.01. The summed E-state index contributed by atoms with van der Waals surface area (Å²) in [6.07, 6.45) is 6.62. The lowest BCUT2D eigenvalue weighted by molar-refractivity contribution is 0.0230. The molecule has 1 aromatic carbocycles. The van der Waals surface area contributed by atoms with Gasteiger partial charge >= 0.3 is 6.03 Å². The number of aryl methyl sites for hydroxylation is 1. The van der Waals surface area contributed by atoms with Crippen LogP contribution in [0.15, 0.2) is 24.3 Å². The first-order valence-electron chi connectivity index (χ1n) is 11.8. The van der Waals surface area contributed by atoms with Crippen LogP contribution in [0, 0.1) is 29.6 Å². The molecule has 2 aliphatic carbocycles. The molecule has 5 nitrogen and oxygen atoms in total. The molecule has 0 atom stereocenters. The highest BCUT2D eigenvalue weighted by molar-refractivity contribution is 5.78. The second-order valence-corrected chi connectivity index (χ2v) is 11.2. The van der Waals surface area contributed by atoms with Crippen LogP contribution < -0.4 is 0 Å². The number of rotatable bonds is 6. The van der Waals surface area contributed by atoms with Crippen molar-refractivity contribution >= 4 is 6.03 Å². The molecule has 1 saturated heterocycles. The molecule has 1 heterocycles. The summed E-state index contributed by atoms with van der Waals surface area (Å²) in [5.41, 5.74) is 2.11. The molecule has 3 fully saturated rings. The van der Waals surface area contributed by atoms with Gasteiger partial charge in [-0.1, -0.05) is 29.8 Å². The van der Waals surface area contributed by atoms with Crippen molar-refractivity contribution in [3.05, 3.63) is 35.4 Å². The van der Waals surface area contributed by atoms with E-state index in [1.165, 1.54) is 24.0 Å². The number of carbonyl (C=O) groups excluding carboxylic acids is 1. The Morgan fingerprint density at radius 2 is 1.87 bits per heavy atom. The fraction of sp³-hybridized carbons (Fsp3) is 0.692. The third-order valence-corrected chi connectivity index (χ3v) is 8.01. The highest BCUT2D eigenvalue weighted by Crippen LogP contribution is 2.50. The van der Waals surface area contributed by atoms with E-state index in [-0.39, 0.29) is 17.1 Å². The summed E-state index contributed by atoms with van der Waals surface area (Å²) in [5.74, 6) is 0.669. The van der Waals surface area contributed by atoms with E-state index in [0.717, 1.165) is 38.8 Å². The number of nitriles is 1. The Bertz CT molecular complexity index is 872. The fourth-order valence-corrected chi connectivity index (χ4v) is 5.83. The molecule has 2 saturated carbocycles. The minimum absolute atomic E-state index is 0.0188. The maximum absolute atomic E-state index is 13.5. The first-order chi connectivity index (χ1) is 14.6. The molecule has 0 aromatic heterocycles. The molecule has 168 valence electrons. The van der Waals surface area contributed by atoms with E-state index in [1.807, 2.05) is 18.7 Å². The predicted octanol–water partition coefficient (Wildman–Crippen LogP) is 4.76. The maximum Gasteiger partial charge on any atom is 0.320 e. The summed E-state index contributed by atoms with van der Waals surface area (Å²) in [5, 5.41) is 9.53. The third kappa shape index (κ3) is 4.07. The van der Waals surface area contributed by atoms with E-state index in [1.54, 1.807) is 0 Å². The fourth-order valence-electron chi connectivity index (χ4n) is 5.83. The number of carbonyl (C=O) groups is 1. The molecule has 1 aromatic rings. The van der Waals surface area contributed by atoms with E-state index in [4.69, 9.17) is 0 Å². The normalized spacial score (nSPS) is 29.1. The van der Waals surface area contributed by atoms with Gasteiger partial charge in [-0.05, 0) is 84.9 Å². The molecule has 31 heavy (non-hydrogen) atoms. The van der Waals surface area contributed by atoms with Gasteiger partial charge in [0.25, 0.3) is 0 Å². The van der Waals surface area contributed by atoms with E-state index in [2.05, 4.69) is 61.2 Å². The van der Waals surface area contributed by atoms with E-state index in [9.17, 15) is 10.1 Å². The molecule has 1 spiro atoms. The Morgan fingerprint density at radius 1 is 1.19 bits per heavy atom. The van der Waals surface area contributed by atoms with Crippen molar-refractivity contribution in [3.8, 4) is 6.07 Å². The zero-order valence-corrected chi connectivity index (χ0v) is 19.9. The second kappa shape index (κ2) is 7.81. The monoisotopic (exact) mass is 422 g/mol. The summed E-state index contributed by atoms with van der Waals surface area (Å²) in [6, 6.07) is 11.5. The number of hydrogen-bond donors (Lipinski definition) is 0. The molecule has 3 aliphatic rings. The molecule has 0 radical (unpaired) electrons. The molecular formula is C26H38N4O. The smallest absolute Gasteiger partial charge is 0.320 e. The molecule has 0 N–H and O–H groups in total. The first kappa shape index (κ1) is 22.1. The summed E-state index contributed by atoms with van der Waals surface area (Å²) in [4.78, 5) is 20.1. The second-order valence-electron chi connectivity index (χ2n) is 11.2. The zero-order valence-electron chi connectivity index (χ0n) is 19.9. The summed E-state index contributed by atoms with van der Waals surface area (Å²) < 4.78 is 0. The average Bonchev–Trinajstić information content (AvgIpc) is 3.52. The first-order valence-corrected chi connectivity index (χ1v) is 11.8. The Hall–Kier alpha value is -2.06. The van der Waals surface area contributed by atoms with Crippen molar-refractivity contribution in [3.63, 3.8) is 0 Å². The average molecular weight is 423 g/mol. The van der Waals surface area contributed by atoms with Gasteiger partial charge in [0, 0.05) is 25.2 Å². The van der Waals surface area contributed by atoms with Gasteiger partial charge in [-0.15, -0.1) is 0 Å². The maximum atomic E-state index is 13.5. The molecule has 4 rings (SSSR count). The van der Waals surface area contributed by atoms with Gasteiger partial charge in [-0.2, -0.15) is 5.26 Å². The number of urea groups is 1. The molecule has 1 aliphatic heterocycles. The van der Waals surface area contributed by atoms with Crippen LogP contribution in [0.25, 0.3) is 0 Å². The van der Waals surface area contributed by atoms with E-state index in [0.29, 0.717) is 12.5 Å². The van der Waals surface area contributed by atoms with Crippen molar-refractivity contribution in [1.29, 1.82) is 5.26 Å². The summed E-state index contributed by atoms with van der Waals surface area (Å²) >= 11 is 0. The lowest BCUT2D eigenvalue weighted by atomic mass is 9.68. The van der Waals surface area contributed by atoms with Gasteiger partial charge in [0.15, 0.2) is 0 Å². The molecule has 2 amide bonds. The highest BCUT2D eigenvalue weighted by Gasteiger charge is 2.55. The Labute approximate surface area is 188 Å². The predicted molar refractivity (Wildman–Crippen MR) is 124 cm³/mol. The van der Waals surface area contributed by atoms with Crippen molar-refractivity contribution in [2.45, 2.75) is 70.4 Å². The van der Waals surface area contributed by atoms with Gasteiger partial charge in [0.2, 0.25) is 0 Å². The largest absolute Gasteiger partial charge is 0.321 e. The Kier molecular flexibility index (Phi) is 5.58. The molecular weight excluding hydrogens is 384 g/mol.